The van der Waals surface area contributed by atoms with Gasteiger partial charge in [0.15, 0.2) is 35.1 Å². The van der Waals surface area contributed by atoms with Gasteiger partial charge in [0.05, 0.1) is 18.6 Å². The van der Waals surface area contributed by atoms with Crippen LogP contribution < -0.4 is 10.6 Å². The van der Waals surface area contributed by atoms with E-state index in [0.717, 1.165) is 11.3 Å². The summed E-state index contributed by atoms with van der Waals surface area (Å²) in [5, 5.41) is 26.8. The van der Waals surface area contributed by atoms with E-state index in [0.29, 0.717) is 34.9 Å². The Hall–Kier alpha value is -4.00. The number of anilines is 1. The van der Waals surface area contributed by atoms with E-state index >= 15 is 0 Å². The highest BCUT2D eigenvalue weighted by Gasteiger charge is 2.47. The minimum absolute atomic E-state index is 0.355. The average Bonchev–Trinajstić information content (AvgIpc) is 3.43. The van der Waals surface area contributed by atoms with Gasteiger partial charge in [-0.1, -0.05) is 6.07 Å². The molecule has 1 saturated heterocycles. The molecule has 4 aromatic heterocycles. The Bertz CT molecular complexity index is 1360. The third-order valence-corrected chi connectivity index (χ3v) is 5.73. The summed E-state index contributed by atoms with van der Waals surface area (Å²) in [6, 6.07) is 7.53. The van der Waals surface area contributed by atoms with Crippen LogP contribution in [0.1, 0.15) is 17.5 Å². The predicted octanol–water partition coefficient (Wildman–Crippen LogP) is 0.569. The van der Waals surface area contributed by atoms with Gasteiger partial charge in [-0.2, -0.15) is 0 Å². The van der Waals surface area contributed by atoms with Crippen molar-refractivity contribution < 1.29 is 19.7 Å². The first-order valence-corrected chi connectivity index (χ1v) is 11.0. The molecular formula is C23H24N8O4. The van der Waals surface area contributed by atoms with Gasteiger partial charge in [-0.05, 0) is 30.7 Å². The Kier molecular flexibility index (Phi) is 6.07. The summed E-state index contributed by atoms with van der Waals surface area (Å²) < 4.78 is 7.23. The lowest BCUT2D eigenvalue weighted by Gasteiger charge is -2.17. The van der Waals surface area contributed by atoms with Crippen molar-refractivity contribution in [3.8, 4) is 11.4 Å². The van der Waals surface area contributed by atoms with E-state index in [1.54, 1.807) is 18.6 Å². The number of hydrogen-bond acceptors (Lipinski definition) is 10. The second-order valence-corrected chi connectivity index (χ2v) is 8.19. The molecule has 0 aliphatic carbocycles. The number of pyridine rings is 2. The number of nitrogens with one attached hydrogen (secondary N) is 2. The minimum Gasteiger partial charge on any atom is -0.387 e. The molecular weight excluding hydrogens is 452 g/mol. The molecule has 5 rings (SSSR count). The molecule has 0 aromatic carbocycles. The molecule has 0 spiro atoms. The molecule has 12 heteroatoms. The van der Waals surface area contributed by atoms with Crippen molar-refractivity contribution in [2.24, 2.45) is 0 Å². The van der Waals surface area contributed by atoms with Crippen LogP contribution in [0.4, 0.5) is 5.82 Å². The van der Waals surface area contributed by atoms with Crippen molar-refractivity contribution in [3.05, 3.63) is 60.4 Å². The molecule has 0 saturated carbocycles. The highest BCUT2D eigenvalue weighted by Crippen LogP contribution is 2.33. The van der Waals surface area contributed by atoms with Crippen LogP contribution in [0, 0.1) is 6.92 Å². The molecule has 5 heterocycles. The number of aromatic nitrogens is 6. The fourth-order valence-corrected chi connectivity index (χ4v) is 3.96. The summed E-state index contributed by atoms with van der Waals surface area (Å²) in [6.07, 6.45) is 1.43. The lowest BCUT2D eigenvalue weighted by atomic mass is 10.1. The maximum atomic E-state index is 12.1. The first kappa shape index (κ1) is 22.8. The summed E-state index contributed by atoms with van der Waals surface area (Å²) in [7, 11) is 1.43. The van der Waals surface area contributed by atoms with E-state index in [9.17, 15) is 15.0 Å². The van der Waals surface area contributed by atoms with Crippen molar-refractivity contribution in [1.82, 2.24) is 34.8 Å². The molecule has 12 nitrogen and oxygen atoms in total. The molecule has 4 atom stereocenters. The number of carbonyl (C=O) groups is 1. The zero-order valence-corrected chi connectivity index (χ0v) is 19.0. The normalized spacial score (nSPS) is 21.8. The monoisotopic (exact) mass is 476 g/mol. The van der Waals surface area contributed by atoms with Crippen molar-refractivity contribution >= 4 is 22.9 Å². The first-order valence-electron chi connectivity index (χ1n) is 11.0. The molecule has 180 valence electrons. The van der Waals surface area contributed by atoms with Gasteiger partial charge in [0.2, 0.25) is 0 Å². The Morgan fingerprint density at radius 3 is 2.77 bits per heavy atom. The number of ether oxygens (including phenoxy) is 1. The van der Waals surface area contributed by atoms with E-state index in [1.807, 2.05) is 31.2 Å². The van der Waals surface area contributed by atoms with Crippen LogP contribution in [0.25, 0.3) is 22.6 Å². The molecule has 35 heavy (non-hydrogen) atoms. The Morgan fingerprint density at radius 2 is 2.03 bits per heavy atom. The fourth-order valence-electron chi connectivity index (χ4n) is 3.96. The largest absolute Gasteiger partial charge is 0.387 e. The standard InChI is InChI=1S/C23H24N8O4/c1-12-7-13(9-25-8-12)19-29-20(27-10-14-5-3-4-6-26-14)15-21(30-19)31(11-28-15)23-17(33)16(32)18(35-23)22(34)24-2/h3-9,11,16-18,23,32-33H,10H2,1-2H3,(H,24,34)(H,27,29,30)/t16-,17+,18-,23-/m0/s1. The van der Waals surface area contributed by atoms with Crippen LogP contribution in [0.2, 0.25) is 0 Å². The smallest absolute Gasteiger partial charge is 0.251 e. The first-order chi connectivity index (χ1) is 17.0. The summed E-state index contributed by atoms with van der Waals surface area (Å²) in [5.74, 6) is 0.295. The number of likely N-dealkylation sites (N-methyl/N-ethyl adjacent to an activating group) is 1. The van der Waals surface area contributed by atoms with Crippen LogP contribution in [0.5, 0.6) is 0 Å². The maximum absolute atomic E-state index is 12.1. The second kappa shape index (κ2) is 9.33. The Balaban J connectivity index is 1.58. The second-order valence-electron chi connectivity index (χ2n) is 8.19. The topological polar surface area (TPSA) is 160 Å². The molecule has 4 N–H and O–H groups in total. The van der Waals surface area contributed by atoms with Gasteiger partial charge < -0.3 is 25.6 Å². The minimum atomic E-state index is -1.42. The third kappa shape index (κ3) is 4.30. The molecule has 0 bridgehead atoms. The van der Waals surface area contributed by atoms with Crippen LogP contribution in [0.3, 0.4) is 0 Å². The molecule has 0 radical (unpaired) electrons. The van der Waals surface area contributed by atoms with Gasteiger partial charge in [0.25, 0.3) is 5.91 Å². The van der Waals surface area contributed by atoms with Gasteiger partial charge in [-0.15, -0.1) is 0 Å². The molecule has 1 amide bonds. The highest BCUT2D eigenvalue weighted by atomic mass is 16.6. The van der Waals surface area contributed by atoms with Gasteiger partial charge >= 0.3 is 0 Å². The molecule has 1 fully saturated rings. The number of aliphatic hydroxyl groups excluding tert-OH is 2. The average molecular weight is 476 g/mol. The Morgan fingerprint density at radius 1 is 1.17 bits per heavy atom. The van der Waals surface area contributed by atoms with E-state index in [2.05, 4.69) is 35.6 Å². The number of nitrogens with zero attached hydrogens (tertiary/aromatic N) is 6. The predicted molar refractivity (Wildman–Crippen MR) is 125 cm³/mol. The number of aliphatic hydroxyl groups is 2. The quantitative estimate of drug-likeness (QED) is 0.310. The lowest BCUT2D eigenvalue weighted by molar-refractivity contribution is -0.137. The summed E-state index contributed by atoms with van der Waals surface area (Å²) in [5.41, 5.74) is 3.22. The maximum Gasteiger partial charge on any atom is 0.251 e. The summed E-state index contributed by atoms with van der Waals surface area (Å²) in [6.45, 7) is 2.31. The van der Waals surface area contributed by atoms with Crippen molar-refractivity contribution in [2.45, 2.75) is 38.0 Å². The highest BCUT2D eigenvalue weighted by molar-refractivity contribution is 5.85. The Labute approximate surface area is 200 Å². The van der Waals surface area contributed by atoms with Gasteiger partial charge in [0.1, 0.15) is 12.2 Å². The van der Waals surface area contributed by atoms with Crippen LogP contribution in [-0.2, 0) is 16.1 Å². The summed E-state index contributed by atoms with van der Waals surface area (Å²) in [4.78, 5) is 34.5. The van der Waals surface area contributed by atoms with Crippen LogP contribution in [0.15, 0.2) is 49.2 Å². The van der Waals surface area contributed by atoms with Crippen molar-refractivity contribution in [2.75, 3.05) is 12.4 Å². The number of rotatable bonds is 6. The van der Waals surface area contributed by atoms with E-state index < -0.39 is 30.4 Å². The van der Waals surface area contributed by atoms with Gasteiger partial charge in [-0.3, -0.25) is 19.3 Å². The van der Waals surface area contributed by atoms with E-state index in [4.69, 9.17) is 4.74 Å². The number of imidazole rings is 1. The number of aryl methyl sites for hydroxylation is 1. The number of amides is 1. The molecule has 0 unspecified atom stereocenters. The van der Waals surface area contributed by atoms with Crippen LogP contribution >= 0.6 is 0 Å². The molecule has 1 aliphatic heterocycles. The zero-order chi connectivity index (χ0) is 24.5. The van der Waals surface area contributed by atoms with E-state index in [1.165, 1.54) is 17.9 Å². The SMILES string of the molecule is CNC(=O)[C@H]1O[C@H](n2cnc3c(NCc4ccccn4)nc(-c4cncc(C)c4)nc32)[C@H](O)[C@@H]1O. The van der Waals surface area contributed by atoms with Crippen molar-refractivity contribution in [3.63, 3.8) is 0 Å². The lowest BCUT2D eigenvalue weighted by Crippen LogP contribution is -2.41. The molecule has 4 aromatic rings. The number of hydrogen-bond donors (Lipinski definition) is 4. The van der Waals surface area contributed by atoms with E-state index in [-0.39, 0.29) is 0 Å². The van der Waals surface area contributed by atoms with Crippen LogP contribution in [-0.4, -0.2) is 71.0 Å². The number of carbonyl (C=O) groups excluding carboxylic acids is 1. The summed E-state index contributed by atoms with van der Waals surface area (Å²) >= 11 is 0. The fraction of sp³-hybridized carbons (Fsp3) is 0.304. The zero-order valence-electron chi connectivity index (χ0n) is 19.0. The van der Waals surface area contributed by atoms with Gasteiger partial charge in [-0.25, -0.2) is 15.0 Å². The molecule has 1 aliphatic rings. The third-order valence-electron chi connectivity index (χ3n) is 5.73. The number of fused-ring (bicyclic) bond motifs is 1. The van der Waals surface area contributed by atoms with Gasteiger partial charge in [0, 0.05) is 31.2 Å². The van der Waals surface area contributed by atoms with Crippen molar-refractivity contribution in [1.29, 1.82) is 0 Å².